The molecule has 1 fully saturated rings. The number of carbonyl (C=O) groups is 3. The van der Waals surface area contributed by atoms with E-state index in [0.717, 1.165) is 0 Å². The SMILES string of the molecule is CC(=O)CN1CCC(=O)NC1=O. The maximum absolute atomic E-state index is 11.0. The van der Waals surface area contributed by atoms with E-state index in [9.17, 15) is 14.4 Å². The third-order valence-electron chi connectivity index (χ3n) is 1.56. The molecule has 3 amide bonds. The Morgan fingerprint density at radius 3 is 2.75 bits per heavy atom. The van der Waals surface area contributed by atoms with Crippen LogP contribution in [0.15, 0.2) is 0 Å². The zero-order valence-electron chi connectivity index (χ0n) is 6.79. The second-order valence-corrected chi connectivity index (χ2v) is 2.73. The van der Waals surface area contributed by atoms with Crippen LogP contribution in [-0.4, -0.2) is 35.7 Å². The van der Waals surface area contributed by atoms with Gasteiger partial charge in [-0.25, -0.2) is 4.79 Å². The quantitative estimate of drug-likeness (QED) is 0.608. The molecule has 5 heteroatoms. The number of nitrogens with zero attached hydrogens (tertiary/aromatic N) is 1. The monoisotopic (exact) mass is 170 g/mol. The Labute approximate surface area is 69.7 Å². The van der Waals surface area contributed by atoms with Gasteiger partial charge < -0.3 is 4.90 Å². The normalized spacial score (nSPS) is 17.6. The van der Waals surface area contributed by atoms with E-state index in [1.54, 1.807) is 0 Å². The van der Waals surface area contributed by atoms with Crippen molar-refractivity contribution >= 4 is 17.7 Å². The summed E-state index contributed by atoms with van der Waals surface area (Å²) in [4.78, 5) is 33.6. The smallest absolute Gasteiger partial charge is 0.317 e. The molecule has 5 nitrogen and oxygen atoms in total. The van der Waals surface area contributed by atoms with Crippen molar-refractivity contribution in [2.24, 2.45) is 0 Å². The number of rotatable bonds is 2. The van der Waals surface area contributed by atoms with Crippen molar-refractivity contribution < 1.29 is 14.4 Å². The minimum Gasteiger partial charge on any atom is -0.317 e. The minimum atomic E-state index is -0.471. The topological polar surface area (TPSA) is 66.5 Å². The molecule has 12 heavy (non-hydrogen) atoms. The lowest BCUT2D eigenvalue weighted by Crippen LogP contribution is -2.50. The van der Waals surface area contributed by atoms with Gasteiger partial charge in [-0.1, -0.05) is 0 Å². The molecule has 0 aromatic heterocycles. The number of urea groups is 1. The molecular formula is C7H10N2O3. The van der Waals surface area contributed by atoms with E-state index >= 15 is 0 Å². The van der Waals surface area contributed by atoms with Crippen LogP contribution in [0.5, 0.6) is 0 Å². The molecule has 0 aliphatic carbocycles. The molecule has 1 N–H and O–H groups in total. The van der Waals surface area contributed by atoms with Gasteiger partial charge in [-0.3, -0.25) is 14.9 Å². The van der Waals surface area contributed by atoms with Crippen LogP contribution in [0.4, 0.5) is 4.79 Å². The molecule has 0 spiro atoms. The third-order valence-corrected chi connectivity index (χ3v) is 1.56. The lowest BCUT2D eigenvalue weighted by atomic mass is 10.3. The van der Waals surface area contributed by atoms with Crippen molar-refractivity contribution in [3.63, 3.8) is 0 Å². The van der Waals surface area contributed by atoms with E-state index in [1.165, 1.54) is 11.8 Å². The van der Waals surface area contributed by atoms with Crippen LogP contribution in [-0.2, 0) is 9.59 Å². The number of nitrogens with one attached hydrogen (secondary N) is 1. The Bertz CT molecular complexity index is 237. The van der Waals surface area contributed by atoms with E-state index in [4.69, 9.17) is 0 Å². The van der Waals surface area contributed by atoms with E-state index in [-0.39, 0.29) is 24.7 Å². The summed E-state index contributed by atoms with van der Waals surface area (Å²) in [5.74, 6) is -0.362. The Kier molecular flexibility index (Phi) is 2.42. The summed E-state index contributed by atoms with van der Waals surface area (Å²) < 4.78 is 0. The van der Waals surface area contributed by atoms with Crippen LogP contribution in [0.25, 0.3) is 0 Å². The molecule has 1 rings (SSSR count). The summed E-state index contributed by atoms with van der Waals surface area (Å²) in [5.41, 5.74) is 0. The largest absolute Gasteiger partial charge is 0.324 e. The van der Waals surface area contributed by atoms with E-state index in [0.29, 0.717) is 6.54 Å². The van der Waals surface area contributed by atoms with Crippen molar-refractivity contribution in [3.8, 4) is 0 Å². The van der Waals surface area contributed by atoms with Gasteiger partial charge in [0, 0.05) is 13.0 Å². The fraction of sp³-hybridized carbons (Fsp3) is 0.571. The zero-order valence-corrected chi connectivity index (χ0v) is 6.79. The minimum absolute atomic E-state index is 0.0825. The first-order chi connectivity index (χ1) is 5.59. The van der Waals surface area contributed by atoms with E-state index < -0.39 is 6.03 Å². The highest BCUT2D eigenvalue weighted by Gasteiger charge is 2.23. The van der Waals surface area contributed by atoms with Gasteiger partial charge in [0.2, 0.25) is 5.91 Å². The number of carbonyl (C=O) groups excluding carboxylic acids is 3. The summed E-state index contributed by atoms with van der Waals surface area (Å²) in [6.07, 6.45) is 0.277. The van der Waals surface area contributed by atoms with Gasteiger partial charge in [0.15, 0.2) is 0 Å². The van der Waals surface area contributed by atoms with E-state index in [1.807, 2.05) is 0 Å². The van der Waals surface area contributed by atoms with Crippen LogP contribution in [0, 0.1) is 0 Å². The maximum Gasteiger partial charge on any atom is 0.324 e. The van der Waals surface area contributed by atoms with Crippen molar-refractivity contribution in [2.45, 2.75) is 13.3 Å². The highest BCUT2D eigenvalue weighted by molar-refractivity contribution is 5.98. The molecule has 0 aromatic rings. The van der Waals surface area contributed by atoms with Crippen LogP contribution in [0.3, 0.4) is 0 Å². The molecule has 0 unspecified atom stereocenters. The average Bonchev–Trinajstić information content (AvgIpc) is 1.94. The summed E-state index contributed by atoms with van der Waals surface area (Å²) in [7, 11) is 0. The molecular weight excluding hydrogens is 160 g/mol. The summed E-state index contributed by atoms with van der Waals surface area (Å²) in [6, 6.07) is -0.471. The van der Waals surface area contributed by atoms with Crippen molar-refractivity contribution in [1.29, 1.82) is 0 Å². The van der Waals surface area contributed by atoms with Crippen molar-refractivity contribution in [3.05, 3.63) is 0 Å². The van der Waals surface area contributed by atoms with Gasteiger partial charge in [0.05, 0.1) is 6.54 Å². The fourth-order valence-corrected chi connectivity index (χ4v) is 1.02. The highest BCUT2D eigenvalue weighted by Crippen LogP contribution is 1.99. The molecule has 0 atom stereocenters. The standard InChI is InChI=1S/C7H10N2O3/c1-5(10)4-9-3-2-6(11)8-7(9)12/h2-4H2,1H3,(H,8,11,12). The molecule has 66 valence electrons. The number of imide groups is 1. The summed E-state index contributed by atoms with van der Waals surface area (Å²) in [5, 5.41) is 2.13. The Hall–Kier alpha value is -1.39. The van der Waals surface area contributed by atoms with Gasteiger partial charge in [0.25, 0.3) is 0 Å². The van der Waals surface area contributed by atoms with E-state index in [2.05, 4.69) is 5.32 Å². The first-order valence-corrected chi connectivity index (χ1v) is 3.68. The maximum atomic E-state index is 11.0. The van der Waals surface area contributed by atoms with Gasteiger partial charge >= 0.3 is 6.03 Å². The van der Waals surface area contributed by atoms with Crippen LogP contribution in [0.2, 0.25) is 0 Å². The van der Waals surface area contributed by atoms with Crippen LogP contribution < -0.4 is 5.32 Å². The lowest BCUT2D eigenvalue weighted by molar-refractivity contribution is -0.123. The number of ketones is 1. The first kappa shape index (κ1) is 8.70. The summed E-state index contributed by atoms with van der Waals surface area (Å²) in [6.45, 7) is 1.83. The van der Waals surface area contributed by atoms with Crippen LogP contribution >= 0.6 is 0 Å². The van der Waals surface area contributed by atoms with Crippen molar-refractivity contribution in [1.82, 2.24) is 10.2 Å². The average molecular weight is 170 g/mol. The highest BCUT2D eigenvalue weighted by atomic mass is 16.2. The fourth-order valence-electron chi connectivity index (χ4n) is 1.02. The number of hydrogen-bond acceptors (Lipinski definition) is 3. The summed E-state index contributed by atoms with van der Waals surface area (Å²) >= 11 is 0. The molecule has 0 radical (unpaired) electrons. The Morgan fingerprint density at radius 2 is 2.25 bits per heavy atom. The molecule has 0 saturated carbocycles. The zero-order chi connectivity index (χ0) is 9.14. The van der Waals surface area contributed by atoms with Crippen LogP contribution in [0.1, 0.15) is 13.3 Å². The molecule has 1 aliphatic rings. The molecule has 0 aromatic carbocycles. The lowest BCUT2D eigenvalue weighted by Gasteiger charge is -2.25. The Balaban J connectivity index is 2.51. The second-order valence-electron chi connectivity index (χ2n) is 2.73. The molecule has 1 aliphatic heterocycles. The molecule has 1 heterocycles. The van der Waals surface area contributed by atoms with Gasteiger partial charge in [-0.2, -0.15) is 0 Å². The number of Topliss-reactive ketones (excluding diaryl/α,β-unsaturated/α-hetero) is 1. The molecule has 0 bridgehead atoms. The van der Waals surface area contributed by atoms with Gasteiger partial charge in [-0.05, 0) is 6.92 Å². The molecule has 1 saturated heterocycles. The van der Waals surface area contributed by atoms with Gasteiger partial charge in [-0.15, -0.1) is 0 Å². The van der Waals surface area contributed by atoms with Gasteiger partial charge in [0.1, 0.15) is 5.78 Å². The van der Waals surface area contributed by atoms with Crippen molar-refractivity contribution in [2.75, 3.05) is 13.1 Å². The first-order valence-electron chi connectivity index (χ1n) is 3.68. The predicted molar refractivity (Wildman–Crippen MR) is 40.4 cm³/mol. The predicted octanol–water partition coefficient (Wildman–Crippen LogP) is -0.483. The number of hydrogen-bond donors (Lipinski definition) is 1. The second kappa shape index (κ2) is 3.34. The number of amides is 3. The third kappa shape index (κ3) is 2.05. The Morgan fingerprint density at radius 1 is 1.58 bits per heavy atom.